The summed E-state index contributed by atoms with van der Waals surface area (Å²) < 4.78 is 5.04. The van der Waals surface area contributed by atoms with Crippen molar-refractivity contribution in [1.29, 1.82) is 0 Å². The predicted octanol–water partition coefficient (Wildman–Crippen LogP) is 0.394. The number of anilines is 3. The lowest BCUT2D eigenvalue weighted by atomic mass is 10.3. The number of methoxy groups -OCH3 is 1. The van der Waals surface area contributed by atoms with Gasteiger partial charge in [0.05, 0.1) is 6.61 Å². The third-order valence-corrected chi connectivity index (χ3v) is 2.01. The Bertz CT molecular complexity index is 357. The van der Waals surface area contributed by atoms with E-state index in [-0.39, 0.29) is 6.04 Å². The van der Waals surface area contributed by atoms with Gasteiger partial charge in [-0.05, 0) is 6.92 Å². The molecule has 1 aromatic rings. The monoisotopic (exact) mass is 240 g/mol. The van der Waals surface area contributed by atoms with Crippen LogP contribution in [-0.2, 0) is 4.74 Å². The molecular formula is C10H20N6O. The van der Waals surface area contributed by atoms with Crippen molar-refractivity contribution in [3.05, 3.63) is 6.33 Å². The lowest BCUT2D eigenvalue weighted by molar-refractivity contribution is 0.190. The van der Waals surface area contributed by atoms with Crippen LogP contribution in [-0.4, -0.2) is 48.8 Å². The second-order valence-electron chi connectivity index (χ2n) is 3.99. The SMILES string of the molecule is COCC(C)Nc1ncnc(NN(C)C)c1N. The van der Waals surface area contributed by atoms with Gasteiger partial charge in [-0.25, -0.2) is 15.0 Å². The molecule has 0 radical (unpaired) electrons. The Morgan fingerprint density at radius 3 is 2.65 bits per heavy atom. The van der Waals surface area contributed by atoms with Crippen LogP contribution in [0.4, 0.5) is 17.3 Å². The van der Waals surface area contributed by atoms with Crippen molar-refractivity contribution in [3.8, 4) is 0 Å². The van der Waals surface area contributed by atoms with Crippen LogP contribution in [0.15, 0.2) is 6.33 Å². The Morgan fingerprint density at radius 1 is 1.41 bits per heavy atom. The van der Waals surface area contributed by atoms with Gasteiger partial charge in [-0.2, -0.15) is 0 Å². The first-order chi connectivity index (χ1) is 8.04. The average molecular weight is 240 g/mol. The molecule has 1 heterocycles. The number of hydrogen-bond donors (Lipinski definition) is 3. The summed E-state index contributed by atoms with van der Waals surface area (Å²) in [5, 5.41) is 4.93. The van der Waals surface area contributed by atoms with E-state index in [1.165, 1.54) is 6.33 Å². The zero-order valence-electron chi connectivity index (χ0n) is 10.7. The van der Waals surface area contributed by atoms with Gasteiger partial charge in [-0.3, -0.25) is 0 Å². The minimum atomic E-state index is 0.129. The molecule has 4 N–H and O–H groups in total. The van der Waals surface area contributed by atoms with E-state index in [1.807, 2.05) is 21.0 Å². The molecule has 7 heteroatoms. The molecule has 1 atom stereocenters. The molecule has 1 rings (SSSR count). The van der Waals surface area contributed by atoms with E-state index in [9.17, 15) is 0 Å². The lowest BCUT2D eigenvalue weighted by Crippen LogP contribution is -2.24. The summed E-state index contributed by atoms with van der Waals surface area (Å²) >= 11 is 0. The van der Waals surface area contributed by atoms with E-state index in [0.717, 1.165) is 0 Å². The number of nitrogens with two attached hydrogens (primary N) is 1. The average Bonchev–Trinajstić information content (AvgIpc) is 2.23. The largest absolute Gasteiger partial charge is 0.393 e. The minimum Gasteiger partial charge on any atom is -0.393 e. The summed E-state index contributed by atoms with van der Waals surface area (Å²) in [4.78, 5) is 8.18. The molecule has 0 aliphatic rings. The van der Waals surface area contributed by atoms with Crippen molar-refractivity contribution in [2.45, 2.75) is 13.0 Å². The Labute approximate surface area is 101 Å². The molecule has 0 amide bonds. The molecular weight excluding hydrogens is 220 g/mol. The smallest absolute Gasteiger partial charge is 0.169 e. The Hall–Kier alpha value is -1.60. The van der Waals surface area contributed by atoms with E-state index < -0.39 is 0 Å². The molecule has 96 valence electrons. The maximum atomic E-state index is 5.96. The predicted molar refractivity (Wildman–Crippen MR) is 68.7 cm³/mol. The van der Waals surface area contributed by atoms with Crippen molar-refractivity contribution >= 4 is 17.3 Å². The van der Waals surface area contributed by atoms with Gasteiger partial charge in [0.15, 0.2) is 11.6 Å². The molecule has 0 fully saturated rings. The first-order valence-electron chi connectivity index (χ1n) is 5.34. The fraction of sp³-hybridized carbons (Fsp3) is 0.600. The highest BCUT2D eigenvalue weighted by molar-refractivity contribution is 5.73. The zero-order chi connectivity index (χ0) is 12.8. The molecule has 7 nitrogen and oxygen atoms in total. The maximum absolute atomic E-state index is 5.96. The van der Waals surface area contributed by atoms with Crippen LogP contribution in [0.25, 0.3) is 0 Å². The van der Waals surface area contributed by atoms with Crippen molar-refractivity contribution < 1.29 is 4.74 Å². The summed E-state index contributed by atoms with van der Waals surface area (Å²) in [6, 6.07) is 0.129. The number of nitrogens with zero attached hydrogens (tertiary/aromatic N) is 3. The van der Waals surface area contributed by atoms with Crippen LogP contribution in [0.3, 0.4) is 0 Å². The maximum Gasteiger partial charge on any atom is 0.169 e. The molecule has 0 bridgehead atoms. The number of aromatic nitrogens is 2. The molecule has 1 unspecified atom stereocenters. The number of nitrogens with one attached hydrogen (secondary N) is 2. The highest BCUT2D eigenvalue weighted by Gasteiger charge is 2.10. The van der Waals surface area contributed by atoms with E-state index in [0.29, 0.717) is 23.9 Å². The molecule has 17 heavy (non-hydrogen) atoms. The molecule has 0 aliphatic carbocycles. The van der Waals surface area contributed by atoms with Crippen molar-refractivity contribution in [2.75, 3.05) is 44.3 Å². The first kappa shape index (κ1) is 13.5. The number of hydrogen-bond acceptors (Lipinski definition) is 7. The summed E-state index contributed by atoms with van der Waals surface area (Å²) in [5.74, 6) is 1.19. The third-order valence-electron chi connectivity index (χ3n) is 2.01. The molecule has 0 saturated carbocycles. The Morgan fingerprint density at radius 2 is 2.06 bits per heavy atom. The number of nitrogen functional groups attached to an aromatic ring is 1. The van der Waals surface area contributed by atoms with E-state index >= 15 is 0 Å². The molecule has 0 aliphatic heterocycles. The standard InChI is InChI=1S/C10H20N6O/c1-7(5-17-4)14-9-8(11)10(13-6-12-9)15-16(2)3/h6-7H,5,11H2,1-4H3,(H2,12,13,14,15). The lowest BCUT2D eigenvalue weighted by Gasteiger charge is -2.18. The Balaban J connectivity index is 2.79. The molecule has 0 aromatic carbocycles. The van der Waals surface area contributed by atoms with Crippen LogP contribution in [0, 0.1) is 0 Å². The fourth-order valence-electron chi connectivity index (χ4n) is 1.34. The number of hydrazine groups is 1. The minimum absolute atomic E-state index is 0.129. The topological polar surface area (TPSA) is 88.3 Å². The van der Waals surface area contributed by atoms with Gasteiger partial charge >= 0.3 is 0 Å². The van der Waals surface area contributed by atoms with E-state index in [2.05, 4.69) is 20.7 Å². The van der Waals surface area contributed by atoms with Crippen LogP contribution in [0.1, 0.15) is 6.92 Å². The molecule has 0 spiro atoms. The van der Waals surface area contributed by atoms with Gasteiger partial charge in [-0.1, -0.05) is 0 Å². The van der Waals surface area contributed by atoms with Crippen molar-refractivity contribution in [2.24, 2.45) is 0 Å². The van der Waals surface area contributed by atoms with Crippen LogP contribution >= 0.6 is 0 Å². The highest BCUT2D eigenvalue weighted by atomic mass is 16.5. The van der Waals surface area contributed by atoms with Crippen LogP contribution in [0.2, 0.25) is 0 Å². The van der Waals surface area contributed by atoms with Gasteiger partial charge in [0.25, 0.3) is 0 Å². The van der Waals surface area contributed by atoms with Crippen LogP contribution in [0.5, 0.6) is 0 Å². The molecule has 1 aromatic heterocycles. The summed E-state index contributed by atoms with van der Waals surface area (Å²) in [6.07, 6.45) is 1.46. The van der Waals surface area contributed by atoms with E-state index in [1.54, 1.807) is 12.1 Å². The Kier molecular flexibility index (Phi) is 4.92. The zero-order valence-corrected chi connectivity index (χ0v) is 10.7. The summed E-state index contributed by atoms with van der Waals surface area (Å²) in [7, 11) is 5.38. The second-order valence-corrected chi connectivity index (χ2v) is 3.99. The van der Waals surface area contributed by atoms with Crippen molar-refractivity contribution in [3.63, 3.8) is 0 Å². The second kappa shape index (κ2) is 6.21. The van der Waals surface area contributed by atoms with Gasteiger partial charge in [0, 0.05) is 27.2 Å². The normalized spacial score (nSPS) is 12.5. The third kappa shape index (κ3) is 4.04. The van der Waals surface area contributed by atoms with Gasteiger partial charge in [0.1, 0.15) is 12.0 Å². The highest BCUT2D eigenvalue weighted by Crippen LogP contribution is 2.22. The van der Waals surface area contributed by atoms with Crippen molar-refractivity contribution in [1.82, 2.24) is 15.0 Å². The quantitative estimate of drug-likeness (QED) is 0.620. The number of rotatable bonds is 6. The number of ether oxygens (including phenoxy) is 1. The van der Waals surface area contributed by atoms with Crippen LogP contribution < -0.4 is 16.5 Å². The van der Waals surface area contributed by atoms with E-state index in [4.69, 9.17) is 10.5 Å². The summed E-state index contributed by atoms with van der Waals surface area (Å²) in [6.45, 7) is 2.57. The summed E-state index contributed by atoms with van der Waals surface area (Å²) in [5.41, 5.74) is 9.45. The first-order valence-corrected chi connectivity index (χ1v) is 5.34. The van der Waals surface area contributed by atoms with Gasteiger partial charge in [0.2, 0.25) is 0 Å². The molecule has 0 saturated heterocycles. The fourth-order valence-corrected chi connectivity index (χ4v) is 1.34. The van der Waals surface area contributed by atoms with Gasteiger partial charge < -0.3 is 21.2 Å². The van der Waals surface area contributed by atoms with Gasteiger partial charge in [-0.15, -0.1) is 0 Å².